The first-order valence-electron chi connectivity index (χ1n) is 6.30. The molecule has 2 unspecified atom stereocenters. The molecule has 2 atom stereocenters. The highest BCUT2D eigenvalue weighted by atomic mass is 32.2. The minimum absolute atomic E-state index is 0.443. The van der Waals surface area contributed by atoms with E-state index in [2.05, 4.69) is 42.8 Å². The summed E-state index contributed by atoms with van der Waals surface area (Å²) in [6.45, 7) is 4.97. The second-order valence-corrected chi connectivity index (χ2v) is 5.31. The summed E-state index contributed by atoms with van der Waals surface area (Å²) in [5.74, 6) is 0.620. The van der Waals surface area contributed by atoms with Crippen molar-refractivity contribution in [2.75, 3.05) is 26.0 Å². The van der Waals surface area contributed by atoms with Gasteiger partial charge >= 0.3 is 0 Å². The molecule has 2 nitrogen and oxygen atoms in total. The van der Waals surface area contributed by atoms with Crippen LogP contribution in [0.4, 0.5) is 0 Å². The number of benzene rings is 1. The van der Waals surface area contributed by atoms with Gasteiger partial charge in [-0.3, -0.25) is 0 Å². The quantitative estimate of drug-likeness (QED) is 0.813. The molecule has 3 heteroatoms. The Morgan fingerprint density at radius 1 is 1.41 bits per heavy atom. The van der Waals surface area contributed by atoms with Gasteiger partial charge in [0.1, 0.15) is 0 Å². The van der Waals surface area contributed by atoms with E-state index in [9.17, 15) is 0 Å². The van der Waals surface area contributed by atoms with E-state index in [0.29, 0.717) is 12.0 Å². The van der Waals surface area contributed by atoms with Crippen molar-refractivity contribution >= 4 is 11.8 Å². The predicted octanol–water partition coefficient (Wildman–Crippen LogP) is 3.10. The van der Waals surface area contributed by atoms with Crippen LogP contribution in [0.15, 0.2) is 29.2 Å². The molecule has 0 aromatic heterocycles. The summed E-state index contributed by atoms with van der Waals surface area (Å²) in [5.41, 5.74) is 1.39. The van der Waals surface area contributed by atoms with Gasteiger partial charge < -0.3 is 10.1 Å². The van der Waals surface area contributed by atoms with E-state index in [1.165, 1.54) is 16.9 Å². The number of hydrogen-bond donors (Lipinski definition) is 1. The topological polar surface area (TPSA) is 21.3 Å². The molecule has 94 valence electrons. The van der Waals surface area contributed by atoms with Crippen molar-refractivity contribution in [3.05, 3.63) is 29.8 Å². The molecule has 0 amide bonds. The van der Waals surface area contributed by atoms with Crippen molar-refractivity contribution in [1.29, 1.82) is 0 Å². The second-order valence-electron chi connectivity index (χ2n) is 4.43. The predicted molar refractivity (Wildman–Crippen MR) is 73.6 cm³/mol. The molecule has 1 aromatic carbocycles. The fraction of sp³-hybridized carbons (Fsp3) is 0.571. The van der Waals surface area contributed by atoms with Crippen molar-refractivity contribution in [1.82, 2.24) is 5.32 Å². The molecule has 0 saturated carbocycles. The Labute approximate surface area is 108 Å². The van der Waals surface area contributed by atoms with E-state index < -0.39 is 0 Å². The fourth-order valence-corrected chi connectivity index (χ4v) is 2.81. The summed E-state index contributed by atoms with van der Waals surface area (Å²) >= 11 is 1.79. The molecule has 0 radical (unpaired) electrons. The number of thioether (sulfide) groups is 1. The van der Waals surface area contributed by atoms with Crippen LogP contribution < -0.4 is 5.32 Å². The third-order valence-electron chi connectivity index (χ3n) is 3.34. The van der Waals surface area contributed by atoms with Gasteiger partial charge in [-0.1, -0.05) is 19.1 Å². The van der Waals surface area contributed by atoms with E-state index in [0.717, 1.165) is 19.8 Å². The maximum Gasteiger partial charge on any atom is 0.0513 e. The molecule has 1 aliphatic rings. The Bertz CT molecular complexity index is 333. The normalized spacial score (nSPS) is 21.6. The Hall–Kier alpha value is -0.510. The summed E-state index contributed by atoms with van der Waals surface area (Å²) in [6.07, 6.45) is 3.28. The Morgan fingerprint density at radius 2 is 2.18 bits per heavy atom. The number of rotatable bonds is 5. The van der Waals surface area contributed by atoms with E-state index in [-0.39, 0.29) is 0 Å². The summed E-state index contributed by atoms with van der Waals surface area (Å²) in [7, 11) is 0. The number of hydrogen-bond acceptors (Lipinski definition) is 3. The van der Waals surface area contributed by atoms with Gasteiger partial charge in [0, 0.05) is 23.5 Å². The zero-order chi connectivity index (χ0) is 12.1. The van der Waals surface area contributed by atoms with E-state index in [4.69, 9.17) is 4.74 Å². The molecule has 1 N–H and O–H groups in total. The first kappa shape index (κ1) is 12.9. The molecule has 1 heterocycles. The van der Waals surface area contributed by atoms with Crippen LogP contribution in [0.1, 0.15) is 24.9 Å². The van der Waals surface area contributed by atoms with Crippen LogP contribution in [-0.2, 0) is 4.74 Å². The van der Waals surface area contributed by atoms with Crippen molar-refractivity contribution < 1.29 is 4.74 Å². The van der Waals surface area contributed by atoms with Gasteiger partial charge in [-0.25, -0.2) is 0 Å². The summed E-state index contributed by atoms with van der Waals surface area (Å²) in [5, 5.41) is 3.59. The molecule has 0 spiro atoms. The second kappa shape index (κ2) is 6.43. The summed E-state index contributed by atoms with van der Waals surface area (Å²) < 4.78 is 5.51. The van der Waals surface area contributed by atoms with Crippen molar-refractivity contribution in [3.63, 3.8) is 0 Å². The highest BCUT2D eigenvalue weighted by Crippen LogP contribution is 2.29. The maximum atomic E-state index is 5.51. The Kier molecular flexibility index (Phi) is 4.89. The van der Waals surface area contributed by atoms with Gasteiger partial charge in [0.15, 0.2) is 0 Å². The van der Waals surface area contributed by atoms with E-state index in [1.54, 1.807) is 11.8 Å². The lowest BCUT2D eigenvalue weighted by atomic mass is 9.92. The largest absolute Gasteiger partial charge is 0.381 e. The van der Waals surface area contributed by atoms with E-state index >= 15 is 0 Å². The lowest BCUT2D eigenvalue weighted by molar-refractivity contribution is 0.177. The van der Waals surface area contributed by atoms with Crippen molar-refractivity contribution in [2.24, 2.45) is 5.92 Å². The zero-order valence-electron chi connectivity index (χ0n) is 10.6. The maximum absolute atomic E-state index is 5.51. The average Bonchev–Trinajstić information content (AvgIpc) is 2.90. The average molecular weight is 251 g/mol. The summed E-state index contributed by atoms with van der Waals surface area (Å²) in [6, 6.07) is 9.35. The fourth-order valence-electron chi connectivity index (χ4n) is 2.40. The van der Waals surface area contributed by atoms with Gasteiger partial charge in [0.05, 0.1) is 6.61 Å². The number of ether oxygens (including phenoxy) is 1. The van der Waals surface area contributed by atoms with Crippen molar-refractivity contribution in [3.8, 4) is 0 Å². The third-order valence-corrected chi connectivity index (χ3v) is 4.08. The van der Waals surface area contributed by atoms with Gasteiger partial charge in [0.25, 0.3) is 0 Å². The van der Waals surface area contributed by atoms with Gasteiger partial charge in [-0.05, 0) is 36.9 Å². The molecule has 1 saturated heterocycles. The monoisotopic (exact) mass is 251 g/mol. The van der Waals surface area contributed by atoms with Crippen LogP contribution in [0.25, 0.3) is 0 Å². The van der Waals surface area contributed by atoms with Gasteiger partial charge in [-0.15, -0.1) is 11.8 Å². The van der Waals surface area contributed by atoms with Gasteiger partial charge in [-0.2, -0.15) is 0 Å². The van der Waals surface area contributed by atoms with E-state index in [1.807, 2.05) is 0 Å². The molecule has 0 bridgehead atoms. The molecular formula is C14H21NOS. The first-order chi connectivity index (χ1) is 8.35. The number of nitrogens with one attached hydrogen (secondary N) is 1. The molecular weight excluding hydrogens is 230 g/mol. The SMILES string of the molecule is CCNC(c1ccc(SC)cc1)C1CCOC1. The Balaban J connectivity index is 2.12. The molecule has 17 heavy (non-hydrogen) atoms. The lowest BCUT2D eigenvalue weighted by Gasteiger charge is -2.24. The van der Waals surface area contributed by atoms with Gasteiger partial charge in [0.2, 0.25) is 0 Å². The van der Waals surface area contributed by atoms with Crippen LogP contribution in [0.2, 0.25) is 0 Å². The minimum atomic E-state index is 0.443. The molecule has 0 aliphatic carbocycles. The molecule has 2 rings (SSSR count). The zero-order valence-corrected chi connectivity index (χ0v) is 11.4. The van der Waals surface area contributed by atoms with Crippen LogP contribution in [-0.4, -0.2) is 26.0 Å². The van der Waals surface area contributed by atoms with Crippen LogP contribution in [0, 0.1) is 5.92 Å². The smallest absolute Gasteiger partial charge is 0.0513 e. The molecule has 1 aromatic rings. The summed E-state index contributed by atoms with van der Waals surface area (Å²) in [4.78, 5) is 1.33. The highest BCUT2D eigenvalue weighted by Gasteiger charge is 2.26. The van der Waals surface area contributed by atoms with Crippen LogP contribution >= 0.6 is 11.8 Å². The molecule has 1 aliphatic heterocycles. The Morgan fingerprint density at radius 3 is 2.71 bits per heavy atom. The van der Waals surface area contributed by atoms with Crippen LogP contribution in [0.5, 0.6) is 0 Å². The minimum Gasteiger partial charge on any atom is -0.381 e. The highest BCUT2D eigenvalue weighted by molar-refractivity contribution is 7.98. The standard InChI is InChI=1S/C14H21NOS/c1-3-15-14(12-8-9-16-10-12)11-4-6-13(17-2)7-5-11/h4-7,12,14-15H,3,8-10H2,1-2H3. The first-order valence-corrected chi connectivity index (χ1v) is 7.52. The van der Waals surface area contributed by atoms with Crippen LogP contribution in [0.3, 0.4) is 0 Å². The third kappa shape index (κ3) is 3.24. The van der Waals surface area contributed by atoms with Crippen molar-refractivity contribution in [2.45, 2.75) is 24.3 Å². The molecule has 1 fully saturated rings. The lowest BCUT2D eigenvalue weighted by Crippen LogP contribution is -2.28.